The molecule has 4 aromatic rings. The molecule has 0 amide bonds. The number of aromatic hydroxyl groups is 1. The van der Waals surface area contributed by atoms with Crippen LogP contribution in [-0.2, 0) is 11.3 Å². The maximum atomic E-state index is 13.0. The van der Waals surface area contributed by atoms with E-state index in [-0.39, 0.29) is 39.6 Å². The van der Waals surface area contributed by atoms with E-state index < -0.39 is 11.4 Å². The molecule has 0 saturated heterocycles. The number of phenols is 1. The molecule has 0 aliphatic heterocycles. The third-order valence-electron chi connectivity index (χ3n) is 4.32. The van der Waals surface area contributed by atoms with Gasteiger partial charge in [-0.25, -0.2) is 4.79 Å². The van der Waals surface area contributed by atoms with Gasteiger partial charge < -0.3 is 23.4 Å². The second-order valence-electron chi connectivity index (χ2n) is 6.20. The summed E-state index contributed by atoms with van der Waals surface area (Å²) >= 11 is 1.56. The smallest absolute Gasteiger partial charge is 0.373 e. The fourth-order valence-electron chi connectivity index (χ4n) is 2.99. The molecule has 3 aromatic heterocycles. The molecule has 0 aliphatic rings. The normalized spacial score (nSPS) is 11.0. The zero-order chi connectivity index (χ0) is 20.5. The first-order valence-electron chi connectivity index (χ1n) is 8.62. The van der Waals surface area contributed by atoms with Crippen LogP contribution in [-0.4, -0.2) is 18.2 Å². The number of esters is 1. The molecule has 0 unspecified atom stereocenters. The van der Waals surface area contributed by atoms with Crippen molar-refractivity contribution in [2.75, 3.05) is 7.11 Å². The predicted octanol–water partition coefficient (Wildman–Crippen LogP) is 4.49. The number of hydrogen-bond acceptors (Lipinski definition) is 8. The first kappa shape index (κ1) is 18.8. The number of carbonyl (C=O) groups is 1. The van der Waals surface area contributed by atoms with Crippen LogP contribution in [0.4, 0.5) is 0 Å². The van der Waals surface area contributed by atoms with Gasteiger partial charge in [0.15, 0.2) is 0 Å². The molecule has 29 heavy (non-hydrogen) atoms. The van der Waals surface area contributed by atoms with Crippen LogP contribution in [0.2, 0.25) is 0 Å². The van der Waals surface area contributed by atoms with Crippen LogP contribution in [0.1, 0.15) is 21.2 Å². The van der Waals surface area contributed by atoms with Crippen LogP contribution in [0.25, 0.3) is 22.3 Å². The molecule has 148 valence electrons. The number of ether oxygens (including phenoxy) is 2. The molecule has 4 rings (SSSR count). The van der Waals surface area contributed by atoms with Crippen LogP contribution in [0.3, 0.4) is 0 Å². The van der Waals surface area contributed by atoms with E-state index in [1.807, 2.05) is 17.5 Å². The Kier molecular flexibility index (Phi) is 4.85. The van der Waals surface area contributed by atoms with E-state index in [0.29, 0.717) is 12.4 Å². The average molecular weight is 412 g/mol. The number of furan rings is 1. The van der Waals surface area contributed by atoms with Crippen molar-refractivity contribution < 1.29 is 28.2 Å². The summed E-state index contributed by atoms with van der Waals surface area (Å²) in [5.41, 5.74) is -0.163. The first-order valence-corrected chi connectivity index (χ1v) is 9.50. The Hall–Kier alpha value is -3.52. The Balaban J connectivity index is 1.76. The Morgan fingerprint density at radius 3 is 2.76 bits per heavy atom. The summed E-state index contributed by atoms with van der Waals surface area (Å²) in [5.74, 6) is -0.153. The Labute approximate surface area is 168 Å². The molecular formula is C21H16O7S. The summed E-state index contributed by atoms with van der Waals surface area (Å²) in [6.07, 6.45) is 0. The van der Waals surface area contributed by atoms with Crippen molar-refractivity contribution in [1.29, 1.82) is 0 Å². The molecule has 7 nitrogen and oxygen atoms in total. The molecular weight excluding hydrogens is 396 g/mol. The number of thiophene rings is 1. The van der Waals surface area contributed by atoms with Crippen molar-refractivity contribution in [3.05, 3.63) is 68.4 Å². The van der Waals surface area contributed by atoms with Gasteiger partial charge in [-0.3, -0.25) is 4.79 Å². The lowest BCUT2D eigenvalue weighted by Crippen LogP contribution is -2.08. The van der Waals surface area contributed by atoms with Crippen LogP contribution in [0, 0.1) is 6.92 Å². The second-order valence-corrected chi connectivity index (χ2v) is 7.23. The molecule has 0 spiro atoms. The molecule has 8 heteroatoms. The summed E-state index contributed by atoms with van der Waals surface area (Å²) in [7, 11) is 1.23. The molecule has 0 bridgehead atoms. The summed E-state index contributed by atoms with van der Waals surface area (Å²) in [5, 5.41) is 12.4. The van der Waals surface area contributed by atoms with Crippen LogP contribution in [0.5, 0.6) is 11.5 Å². The van der Waals surface area contributed by atoms with Crippen LogP contribution >= 0.6 is 11.3 Å². The van der Waals surface area contributed by atoms with E-state index in [1.54, 1.807) is 24.3 Å². The van der Waals surface area contributed by atoms with Gasteiger partial charge in [-0.2, -0.15) is 0 Å². The van der Waals surface area contributed by atoms with Crippen molar-refractivity contribution >= 4 is 28.3 Å². The Morgan fingerprint density at radius 2 is 2.03 bits per heavy atom. The lowest BCUT2D eigenvalue weighted by molar-refractivity contribution is 0.0566. The predicted molar refractivity (Wildman–Crippen MR) is 107 cm³/mol. The molecule has 0 saturated carbocycles. The van der Waals surface area contributed by atoms with Crippen LogP contribution in [0.15, 0.2) is 55.4 Å². The molecule has 1 N–H and O–H groups in total. The van der Waals surface area contributed by atoms with Crippen molar-refractivity contribution in [3.63, 3.8) is 0 Å². The van der Waals surface area contributed by atoms with Gasteiger partial charge in [0.2, 0.25) is 11.2 Å². The van der Waals surface area contributed by atoms with Crippen molar-refractivity contribution in [2.45, 2.75) is 13.5 Å². The number of phenolic OH excluding ortho intramolecular Hbond substituents is 1. The van der Waals surface area contributed by atoms with Gasteiger partial charge in [-0.1, -0.05) is 6.07 Å². The number of aryl methyl sites for hydroxylation is 1. The minimum Gasteiger partial charge on any atom is -0.507 e. The van der Waals surface area contributed by atoms with Crippen molar-refractivity contribution in [1.82, 2.24) is 0 Å². The molecule has 0 radical (unpaired) electrons. The third-order valence-corrected chi connectivity index (χ3v) is 5.17. The Bertz CT molecular complexity index is 1250. The first-order chi connectivity index (χ1) is 14.0. The average Bonchev–Trinajstić information content (AvgIpc) is 3.37. The topological polar surface area (TPSA) is 99.1 Å². The van der Waals surface area contributed by atoms with Gasteiger partial charge in [0.05, 0.1) is 7.11 Å². The highest BCUT2D eigenvalue weighted by Gasteiger charge is 2.21. The van der Waals surface area contributed by atoms with E-state index in [0.717, 1.165) is 4.88 Å². The van der Waals surface area contributed by atoms with Gasteiger partial charge in [0.25, 0.3) is 0 Å². The number of carbonyl (C=O) groups excluding carboxylic acids is 1. The van der Waals surface area contributed by atoms with Crippen molar-refractivity contribution in [2.24, 2.45) is 0 Å². The zero-order valence-electron chi connectivity index (χ0n) is 15.6. The van der Waals surface area contributed by atoms with E-state index in [4.69, 9.17) is 13.6 Å². The molecule has 1 aromatic carbocycles. The van der Waals surface area contributed by atoms with Crippen LogP contribution < -0.4 is 10.2 Å². The van der Waals surface area contributed by atoms with Gasteiger partial charge in [0, 0.05) is 17.0 Å². The molecule has 3 heterocycles. The van der Waals surface area contributed by atoms with Gasteiger partial charge >= 0.3 is 5.97 Å². The minimum atomic E-state index is -0.658. The molecule has 0 atom stereocenters. The fraction of sp³-hybridized carbons (Fsp3) is 0.143. The standard InChI is InChI=1S/C21H16O7S/c1-11-18(15-5-6-16(28-15)21(24)25-2)20(23)19-14(22)8-12(9-17(19)27-11)26-10-13-4-3-7-29-13/h3-9,22H,10H2,1-2H3. The van der Waals surface area contributed by atoms with Crippen molar-refractivity contribution in [3.8, 4) is 22.8 Å². The van der Waals surface area contributed by atoms with Gasteiger partial charge in [-0.05, 0) is 30.5 Å². The summed E-state index contributed by atoms with van der Waals surface area (Å²) < 4.78 is 21.5. The maximum absolute atomic E-state index is 13.0. The monoisotopic (exact) mass is 412 g/mol. The summed E-state index contributed by atoms with van der Waals surface area (Å²) in [6, 6.07) is 9.68. The van der Waals surface area contributed by atoms with E-state index in [1.165, 1.54) is 25.3 Å². The van der Waals surface area contributed by atoms with E-state index in [9.17, 15) is 14.7 Å². The largest absolute Gasteiger partial charge is 0.507 e. The fourth-order valence-corrected chi connectivity index (χ4v) is 3.60. The molecule has 0 aliphatic carbocycles. The molecule has 0 fully saturated rings. The minimum absolute atomic E-state index is 0.00471. The number of hydrogen-bond donors (Lipinski definition) is 1. The SMILES string of the molecule is COC(=O)c1ccc(-c2c(C)oc3cc(OCc4cccs4)cc(O)c3c2=O)o1. The lowest BCUT2D eigenvalue weighted by Gasteiger charge is -2.09. The number of methoxy groups -OCH3 is 1. The lowest BCUT2D eigenvalue weighted by atomic mass is 10.1. The van der Waals surface area contributed by atoms with Gasteiger partial charge in [-0.15, -0.1) is 11.3 Å². The Morgan fingerprint density at radius 1 is 1.21 bits per heavy atom. The highest BCUT2D eigenvalue weighted by Crippen LogP contribution is 2.33. The third kappa shape index (κ3) is 3.50. The number of fused-ring (bicyclic) bond motifs is 1. The summed E-state index contributed by atoms with van der Waals surface area (Å²) in [6.45, 7) is 1.94. The highest BCUT2D eigenvalue weighted by molar-refractivity contribution is 7.09. The van der Waals surface area contributed by atoms with E-state index in [2.05, 4.69) is 4.74 Å². The quantitative estimate of drug-likeness (QED) is 0.482. The maximum Gasteiger partial charge on any atom is 0.373 e. The van der Waals surface area contributed by atoms with E-state index >= 15 is 0 Å². The zero-order valence-corrected chi connectivity index (χ0v) is 16.4. The van der Waals surface area contributed by atoms with Gasteiger partial charge in [0.1, 0.15) is 46.2 Å². The summed E-state index contributed by atoms with van der Waals surface area (Å²) in [4.78, 5) is 25.7. The number of benzene rings is 1. The highest BCUT2D eigenvalue weighted by atomic mass is 32.1. The second kappa shape index (κ2) is 7.48. The number of rotatable bonds is 5.